The fourth-order valence-electron chi connectivity index (χ4n) is 2.77. The van der Waals surface area contributed by atoms with Crippen molar-refractivity contribution in [2.24, 2.45) is 0 Å². The first-order valence-corrected chi connectivity index (χ1v) is 9.69. The van der Waals surface area contributed by atoms with Crippen LogP contribution in [0.5, 0.6) is 11.5 Å². The third-order valence-corrected chi connectivity index (χ3v) is 6.10. The van der Waals surface area contributed by atoms with Gasteiger partial charge in [-0.3, -0.25) is 0 Å². The molecule has 0 fully saturated rings. The molecule has 0 saturated carbocycles. The van der Waals surface area contributed by atoms with Crippen LogP contribution in [0.3, 0.4) is 0 Å². The van der Waals surface area contributed by atoms with Crippen LogP contribution >= 0.6 is 0 Å². The zero-order chi connectivity index (χ0) is 18.2. The van der Waals surface area contributed by atoms with Gasteiger partial charge >= 0.3 is 0 Å². The van der Waals surface area contributed by atoms with Gasteiger partial charge in [0.15, 0.2) is 11.5 Å². The molecule has 1 aliphatic heterocycles. The number of rotatable bonds is 4. The SMILES string of the molecule is Cc1ccc(S(=O)(=O)NC(C)(C)c2ccc3c(c2)OCCO3)cc1C. The Hall–Kier alpha value is -2.05. The van der Waals surface area contributed by atoms with Gasteiger partial charge < -0.3 is 9.47 Å². The van der Waals surface area contributed by atoms with Crippen molar-refractivity contribution in [3.05, 3.63) is 53.1 Å². The summed E-state index contributed by atoms with van der Waals surface area (Å²) in [5.41, 5.74) is 2.02. The summed E-state index contributed by atoms with van der Waals surface area (Å²) in [5.74, 6) is 1.32. The smallest absolute Gasteiger partial charge is 0.241 e. The first-order valence-electron chi connectivity index (χ1n) is 8.20. The van der Waals surface area contributed by atoms with Gasteiger partial charge in [0.1, 0.15) is 13.2 Å². The third kappa shape index (κ3) is 3.65. The first kappa shape index (κ1) is 17.8. The van der Waals surface area contributed by atoms with Crippen molar-refractivity contribution in [3.8, 4) is 11.5 Å². The molecular formula is C19H23NO4S. The summed E-state index contributed by atoms with van der Waals surface area (Å²) in [4.78, 5) is 0.265. The van der Waals surface area contributed by atoms with Crippen molar-refractivity contribution in [2.45, 2.75) is 38.1 Å². The van der Waals surface area contributed by atoms with E-state index in [4.69, 9.17) is 9.47 Å². The van der Waals surface area contributed by atoms with Gasteiger partial charge in [0.25, 0.3) is 0 Å². The van der Waals surface area contributed by atoms with E-state index < -0.39 is 15.6 Å². The molecule has 0 saturated heterocycles. The summed E-state index contributed by atoms with van der Waals surface area (Å²) in [7, 11) is -3.65. The number of fused-ring (bicyclic) bond motifs is 1. The molecule has 1 N–H and O–H groups in total. The van der Waals surface area contributed by atoms with Gasteiger partial charge in [-0.05, 0) is 68.7 Å². The van der Waals surface area contributed by atoms with Crippen LogP contribution in [0.4, 0.5) is 0 Å². The lowest BCUT2D eigenvalue weighted by atomic mass is 9.95. The molecule has 0 bridgehead atoms. The molecular weight excluding hydrogens is 338 g/mol. The monoisotopic (exact) mass is 361 g/mol. The molecule has 25 heavy (non-hydrogen) atoms. The molecule has 2 aromatic carbocycles. The average Bonchev–Trinajstić information content (AvgIpc) is 2.56. The highest BCUT2D eigenvalue weighted by atomic mass is 32.2. The van der Waals surface area contributed by atoms with Gasteiger partial charge in [0.2, 0.25) is 10.0 Å². The normalized spacial score (nSPS) is 14.4. The number of ether oxygens (including phenoxy) is 2. The Balaban J connectivity index is 1.90. The minimum atomic E-state index is -3.65. The minimum absolute atomic E-state index is 0.265. The highest BCUT2D eigenvalue weighted by molar-refractivity contribution is 7.89. The summed E-state index contributed by atoms with van der Waals surface area (Å²) in [6, 6.07) is 10.6. The molecule has 0 aromatic heterocycles. The van der Waals surface area contributed by atoms with Crippen LogP contribution in [0.25, 0.3) is 0 Å². The lowest BCUT2D eigenvalue weighted by molar-refractivity contribution is 0.171. The van der Waals surface area contributed by atoms with Gasteiger partial charge in [0.05, 0.1) is 10.4 Å². The molecule has 5 nitrogen and oxygen atoms in total. The van der Waals surface area contributed by atoms with Gasteiger partial charge in [-0.15, -0.1) is 0 Å². The number of aryl methyl sites for hydroxylation is 2. The molecule has 3 rings (SSSR count). The van der Waals surface area contributed by atoms with Crippen molar-refractivity contribution in [1.29, 1.82) is 0 Å². The molecule has 0 amide bonds. The van der Waals surface area contributed by atoms with Crippen molar-refractivity contribution < 1.29 is 17.9 Å². The van der Waals surface area contributed by atoms with Crippen LogP contribution < -0.4 is 14.2 Å². The number of benzene rings is 2. The second-order valence-electron chi connectivity index (χ2n) is 6.84. The van der Waals surface area contributed by atoms with Gasteiger partial charge in [0, 0.05) is 0 Å². The maximum absolute atomic E-state index is 12.8. The van der Waals surface area contributed by atoms with Crippen molar-refractivity contribution in [3.63, 3.8) is 0 Å². The summed E-state index contributed by atoms with van der Waals surface area (Å²) in [6.07, 6.45) is 0. The molecule has 1 aliphatic rings. The Morgan fingerprint density at radius 1 is 0.920 bits per heavy atom. The van der Waals surface area contributed by atoms with E-state index in [1.807, 2.05) is 52.0 Å². The molecule has 0 spiro atoms. The molecule has 0 aliphatic carbocycles. The summed E-state index contributed by atoms with van der Waals surface area (Å²) in [6.45, 7) is 8.53. The number of hydrogen-bond donors (Lipinski definition) is 1. The number of nitrogens with one attached hydrogen (secondary N) is 1. The van der Waals surface area contributed by atoms with E-state index in [1.54, 1.807) is 12.1 Å². The second kappa shape index (κ2) is 6.35. The second-order valence-corrected chi connectivity index (χ2v) is 8.52. The van der Waals surface area contributed by atoms with Crippen LogP contribution in [-0.4, -0.2) is 21.6 Å². The van der Waals surface area contributed by atoms with Crippen LogP contribution in [0.1, 0.15) is 30.5 Å². The topological polar surface area (TPSA) is 64.6 Å². The van der Waals surface area contributed by atoms with Crippen molar-refractivity contribution in [2.75, 3.05) is 13.2 Å². The zero-order valence-corrected chi connectivity index (χ0v) is 15.7. The van der Waals surface area contributed by atoms with E-state index in [0.717, 1.165) is 16.7 Å². The van der Waals surface area contributed by atoms with Crippen LogP contribution in [0, 0.1) is 13.8 Å². The molecule has 2 aromatic rings. The predicted molar refractivity (Wildman–Crippen MR) is 96.7 cm³/mol. The predicted octanol–water partition coefficient (Wildman–Crippen LogP) is 3.29. The average molecular weight is 361 g/mol. The van der Waals surface area contributed by atoms with Crippen LogP contribution in [0.2, 0.25) is 0 Å². The molecule has 1 heterocycles. The van der Waals surface area contributed by atoms with E-state index >= 15 is 0 Å². The largest absolute Gasteiger partial charge is 0.486 e. The van der Waals surface area contributed by atoms with Crippen LogP contribution in [-0.2, 0) is 15.6 Å². The van der Waals surface area contributed by atoms with E-state index in [1.165, 1.54) is 0 Å². The quantitative estimate of drug-likeness (QED) is 0.908. The summed E-state index contributed by atoms with van der Waals surface area (Å²) in [5, 5.41) is 0. The molecule has 0 radical (unpaired) electrons. The number of hydrogen-bond acceptors (Lipinski definition) is 4. The maximum Gasteiger partial charge on any atom is 0.241 e. The fourth-order valence-corrected chi connectivity index (χ4v) is 4.25. The van der Waals surface area contributed by atoms with Crippen LogP contribution in [0.15, 0.2) is 41.3 Å². The van der Waals surface area contributed by atoms with Gasteiger partial charge in [-0.2, -0.15) is 0 Å². The van der Waals surface area contributed by atoms with Crippen molar-refractivity contribution in [1.82, 2.24) is 4.72 Å². The first-order chi connectivity index (χ1) is 11.7. The highest BCUT2D eigenvalue weighted by Crippen LogP contribution is 2.34. The lowest BCUT2D eigenvalue weighted by Crippen LogP contribution is -2.41. The highest BCUT2D eigenvalue weighted by Gasteiger charge is 2.29. The Bertz CT molecular complexity index is 904. The Morgan fingerprint density at radius 3 is 2.28 bits per heavy atom. The minimum Gasteiger partial charge on any atom is -0.486 e. The Morgan fingerprint density at radius 2 is 1.60 bits per heavy atom. The molecule has 0 atom stereocenters. The third-order valence-electron chi connectivity index (χ3n) is 4.44. The summed E-state index contributed by atoms with van der Waals surface area (Å²) < 4.78 is 39.5. The maximum atomic E-state index is 12.8. The Labute approximate surface area is 149 Å². The van der Waals surface area contributed by atoms with Gasteiger partial charge in [-0.25, -0.2) is 13.1 Å². The molecule has 6 heteroatoms. The van der Waals surface area contributed by atoms with E-state index in [2.05, 4.69) is 4.72 Å². The molecule has 0 unspecified atom stereocenters. The van der Waals surface area contributed by atoms with E-state index in [0.29, 0.717) is 24.7 Å². The van der Waals surface area contributed by atoms with Gasteiger partial charge in [-0.1, -0.05) is 12.1 Å². The standard InChI is InChI=1S/C19H23NO4S/c1-13-5-7-16(11-14(13)2)25(21,22)20-19(3,4)15-6-8-17-18(12-15)24-10-9-23-17/h5-8,11-12,20H,9-10H2,1-4H3. The van der Waals surface area contributed by atoms with Crippen molar-refractivity contribution >= 4 is 10.0 Å². The van der Waals surface area contributed by atoms with E-state index in [-0.39, 0.29) is 4.90 Å². The lowest BCUT2D eigenvalue weighted by Gasteiger charge is -2.28. The Kier molecular flexibility index (Phi) is 4.51. The zero-order valence-electron chi connectivity index (χ0n) is 14.9. The van der Waals surface area contributed by atoms with E-state index in [9.17, 15) is 8.42 Å². The number of sulfonamides is 1. The summed E-state index contributed by atoms with van der Waals surface area (Å²) >= 11 is 0. The molecule has 134 valence electrons. The fraction of sp³-hybridized carbons (Fsp3) is 0.368.